The Balaban J connectivity index is 2.30. The summed E-state index contributed by atoms with van der Waals surface area (Å²) in [5.41, 5.74) is 0. The number of nitrogens with one attached hydrogen (secondary N) is 1. The number of carboxylic acid groups (broad SMARTS) is 1. The van der Waals surface area contributed by atoms with E-state index in [0.717, 1.165) is 12.3 Å². The Hall–Kier alpha value is -0.570. The van der Waals surface area contributed by atoms with Gasteiger partial charge in [-0.3, -0.25) is 4.79 Å². The SMILES string of the molecule is CCC1CCCCC1NC(C)CCC(=O)O. The summed E-state index contributed by atoms with van der Waals surface area (Å²) in [5.74, 6) is 0.102. The molecule has 3 heteroatoms. The topological polar surface area (TPSA) is 49.3 Å². The predicted molar refractivity (Wildman–Crippen MR) is 65.5 cm³/mol. The molecule has 3 atom stereocenters. The van der Waals surface area contributed by atoms with E-state index in [-0.39, 0.29) is 6.42 Å². The smallest absolute Gasteiger partial charge is 0.303 e. The molecule has 1 aliphatic carbocycles. The summed E-state index contributed by atoms with van der Waals surface area (Å²) in [5, 5.41) is 12.3. The van der Waals surface area contributed by atoms with E-state index < -0.39 is 5.97 Å². The van der Waals surface area contributed by atoms with E-state index >= 15 is 0 Å². The summed E-state index contributed by atoms with van der Waals surface area (Å²) >= 11 is 0. The lowest BCUT2D eigenvalue weighted by atomic mass is 9.82. The van der Waals surface area contributed by atoms with Crippen LogP contribution >= 0.6 is 0 Å². The van der Waals surface area contributed by atoms with E-state index in [0.29, 0.717) is 12.1 Å². The van der Waals surface area contributed by atoms with Crippen LogP contribution in [0.25, 0.3) is 0 Å². The summed E-state index contributed by atoms with van der Waals surface area (Å²) in [6, 6.07) is 0.941. The van der Waals surface area contributed by atoms with Gasteiger partial charge in [0.1, 0.15) is 0 Å². The van der Waals surface area contributed by atoms with Gasteiger partial charge in [-0.1, -0.05) is 26.2 Å². The number of carbonyl (C=O) groups is 1. The Morgan fingerprint density at radius 1 is 1.44 bits per heavy atom. The van der Waals surface area contributed by atoms with E-state index in [1.165, 1.54) is 32.1 Å². The molecule has 3 nitrogen and oxygen atoms in total. The highest BCUT2D eigenvalue weighted by Gasteiger charge is 2.24. The standard InChI is InChI=1S/C13H25NO2/c1-3-11-6-4-5-7-12(11)14-10(2)8-9-13(15)16/h10-12,14H,3-9H2,1-2H3,(H,15,16). The minimum atomic E-state index is -0.690. The molecule has 2 N–H and O–H groups in total. The van der Waals surface area contributed by atoms with Crippen molar-refractivity contribution in [2.24, 2.45) is 5.92 Å². The average molecular weight is 227 g/mol. The molecule has 0 radical (unpaired) electrons. The van der Waals surface area contributed by atoms with Crippen molar-refractivity contribution < 1.29 is 9.90 Å². The third kappa shape index (κ3) is 4.52. The normalized spacial score (nSPS) is 27.6. The molecule has 94 valence electrons. The fourth-order valence-electron chi connectivity index (χ4n) is 2.70. The maximum absolute atomic E-state index is 10.5. The zero-order valence-electron chi connectivity index (χ0n) is 10.5. The van der Waals surface area contributed by atoms with Crippen molar-refractivity contribution in [2.45, 2.75) is 70.9 Å². The second kappa shape index (κ2) is 6.89. The molecule has 1 aliphatic rings. The van der Waals surface area contributed by atoms with Gasteiger partial charge < -0.3 is 10.4 Å². The largest absolute Gasteiger partial charge is 0.481 e. The van der Waals surface area contributed by atoms with E-state index in [1.54, 1.807) is 0 Å². The van der Waals surface area contributed by atoms with Crippen molar-refractivity contribution in [3.8, 4) is 0 Å². The number of rotatable bonds is 6. The van der Waals surface area contributed by atoms with Gasteiger partial charge in [-0.05, 0) is 32.1 Å². The third-order valence-electron chi connectivity index (χ3n) is 3.72. The van der Waals surface area contributed by atoms with Crippen molar-refractivity contribution >= 4 is 5.97 Å². The van der Waals surface area contributed by atoms with Crippen LogP contribution in [-0.4, -0.2) is 23.2 Å². The maximum atomic E-state index is 10.5. The van der Waals surface area contributed by atoms with E-state index in [4.69, 9.17) is 5.11 Å². The van der Waals surface area contributed by atoms with Crippen molar-refractivity contribution in [3.05, 3.63) is 0 Å². The van der Waals surface area contributed by atoms with Gasteiger partial charge >= 0.3 is 5.97 Å². The minimum absolute atomic E-state index is 0.275. The van der Waals surface area contributed by atoms with E-state index in [9.17, 15) is 4.79 Å². The average Bonchev–Trinajstić information content (AvgIpc) is 2.27. The van der Waals surface area contributed by atoms with Gasteiger partial charge in [0.15, 0.2) is 0 Å². The maximum Gasteiger partial charge on any atom is 0.303 e. The molecule has 3 unspecified atom stereocenters. The first-order valence-electron chi connectivity index (χ1n) is 6.61. The van der Waals surface area contributed by atoms with E-state index in [1.807, 2.05) is 0 Å². The van der Waals surface area contributed by atoms with Gasteiger partial charge in [-0.25, -0.2) is 0 Å². The Morgan fingerprint density at radius 2 is 2.12 bits per heavy atom. The van der Waals surface area contributed by atoms with Gasteiger partial charge in [0.25, 0.3) is 0 Å². The van der Waals surface area contributed by atoms with Gasteiger partial charge in [0.05, 0.1) is 0 Å². The molecule has 0 aliphatic heterocycles. The van der Waals surface area contributed by atoms with Crippen molar-refractivity contribution in [3.63, 3.8) is 0 Å². The fraction of sp³-hybridized carbons (Fsp3) is 0.923. The molecule has 0 heterocycles. The number of hydrogen-bond donors (Lipinski definition) is 2. The quantitative estimate of drug-likeness (QED) is 0.733. The fourth-order valence-corrected chi connectivity index (χ4v) is 2.70. The van der Waals surface area contributed by atoms with Crippen molar-refractivity contribution in [2.75, 3.05) is 0 Å². The van der Waals surface area contributed by atoms with Crippen LogP contribution < -0.4 is 5.32 Å². The van der Waals surface area contributed by atoms with Crippen LogP contribution in [0.3, 0.4) is 0 Å². The molecule has 16 heavy (non-hydrogen) atoms. The molecule has 0 spiro atoms. The lowest BCUT2D eigenvalue weighted by Crippen LogP contribution is -2.43. The zero-order valence-corrected chi connectivity index (χ0v) is 10.5. The Morgan fingerprint density at radius 3 is 2.75 bits per heavy atom. The lowest BCUT2D eigenvalue weighted by Gasteiger charge is -2.33. The van der Waals surface area contributed by atoms with Gasteiger partial charge in [0.2, 0.25) is 0 Å². The van der Waals surface area contributed by atoms with Crippen LogP contribution in [0.4, 0.5) is 0 Å². The molecule has 0 aromatic rings. The summed E-state index contributed by atoms with van der Waals surface area (Å²) in [6.45, 7) is 4.36. The Labute approximate surface area is 98.6 Å². The van der Waals surface area contributed by atoms with Crippen molar-refractivity contribution in [1.82, 2.24) is 5.32 Å². The highest BCUT2D eigenvalue weighted by atomic mass is 16.4. The zero-order chi connectivity index (χ0) is 12.0. The predicted octanol–water partition coefficient (Wildman–Crippen LogP) is 2.80. The number of aliphatic carboxylic acids is 1. The molecule has 1 saturated carbocycles. The first-order chi connectivity index (χ1) is 7.63. The molecule has 0 aromatic heterocycles. The Bertz CT molecular complexity index is 218. The van der Waals surface area contributed by atoms with Crippen LogP contribution in [0.2, 0.25) is 0 Å². The van der Waals surface area contributed by atoms with Gasteiger partial charge in [-0.2, -0.15) is 0 Å². The molecule has 0 saturated heterocycles. The van der Waals surface area contributed by atoms with Crippen molar-refractivity contribution in [1.29, 1.82) is 0 Å². The highest BCUT2D eigenvalue weighted by molar-refractivity contribution is 5.66. The molecular formula is C13H25NO2. The van der Waals surface area contributed by atoms with Gasteiger partial charge in [0, 0.05) is 18.5 Å². The number of carboxylic acids is 1. The summed E-state index contributed by atoms with van der Waals surface area (Å²) in [7, 11) is 0. The van der Waals surface area contributed by atoms with Gasteiger partial charge in [-0.15, -0.1) is 0 Å². The first kappa shape index (κ1) is 13.5. The molecular weight excluding hydrogens is 202 g/mol. The van der Waals surface area contributed by atoms with E-state index in [2.05, 4.69) is 19.2 Å². The Kier molecular flexibility index (Phi) is 5.81. The van der Waals surface area contributed by atoms with Crippen LogP contribution in [0.1, 0.15) is 58.8 Å². The highest BCUT2D eigenvalue weighted by Crippen LogP contribution is 2.27. The minimum Gasteiger partial charge on any atom is -0.481 e. The molecule has 0 amide bonds. The first-order valence-corrected chi connectivity index (χ1v) is 6.61. The number of hydrogen-bond acceptors (Lipinski definition) is 2. The molecule has 0 bridgehead atoms. The van der Waals surface area contributed by atoms with Crippen LogP contribution in [-0.2, 0) is 4.79 Å². The summed E-state index contributed by atoms with van der Waals surface area (Å²) in [4.78, 5) is 10.5. The molecule has 1 fully saturated rings. The lowest BCUT2D eigenvalue weighted by molar-refractivity contribution is -0.137. The van der Waals surface area contributed by atoms with Crippen LogP contribution in [0.5, 0.6) is 0 Å². The second-order valence-corrected chi connectivity index (χ2v) is 5.06. The van der Waals surface area contributed by atoms with Crippen LogP contribution in [0.15, 0.2) is 0 Å². The second-order valence-electron chi connectivity index (χ2n) is 5.06. The van der Waals surface area contributed by atoms with Crippen LogP contribution in [0, 0.1) is 5.92 Å². The summed E-state index contributed by atoms with van der Waals surface area (Å²) < 4.78 is 0. The molecule has 1 rings (SSSR count). The molecule has 0 aromatic carbocycles. The monoisotopic (exact) mass is 227 g/mol. The third-order valence-corrected chi connectivity index (χ3v) is 3.72. The summed E-state index contributed by atoms with van der Waals surface area (Å²) in [6.07, 6.45) is 7.53.